The first-order valence-corrected chi connectivity index (χ1v) is 7.13. The monoisotopic (exact) mass is 283 g/mol. The SMILES string of the molecule is Cc1ccc2c(c1)C(=O)C1(C)Cc3ccc(Cl)cc3N21. The lowest BCUT2D eigenvalue weighted by molar-refractivity contribution is 0.0923. The molecule has 0 fully saturated rings. The maximum Gasteiger partial charge on any atom is 0.190 e. The molecule has 0 bridgehead atoms. The third-order valence-corrected chi connectivity index (χ3v) is 4.68. The number of halogens is 1. The van der Waals surface area contributed by atoms with Gasteiger partial charge in [-0.25, -0.2) is 0 Å². The van der Waals surface area contributed by atoms with Gasteiger partial charge in [0.2, 0.25) is 0 Å². The summed E-state index contributed by atoms with van der Waals surface area (Å²) >= 11 is 6.14. The summed E-state index contributed by atoms with van der Waals surface area (Å²) in [7, 11) is 0. The number of aryl methyl sites for hydroxylation is 1. The topological polar surface area (TPSA) is 20.3 Å². The molecule has 20 heavy (non-hydrogen) atoms. The molecule has 0 spiro atoms. The molecular weight excluding hydrogens is 270 g/mol. The lowest BCUT2D eigenvalue weighted by Gasteiger charge is -2.28. The Morgan fingerprint density at radius 1 is 1.15 bits per heavy atom. The summed E-state index contributed by atoms with van der Waals surface area (Å²) in [6.07, 6.45) is 0.742. The molecular formula is C17H14ClNO. The van der Waals surface area contributed by atoms with Gasteiger partial charge in [0.1, 0.15) is 5.54 Å². The maximum absolute atomic E-state index is 12.8. The van der Waals surface area contributed by atoms with Crippen LogP contribution in [0, 0.1) is 6.92 Å². The van der Waals surface area contributed by atoms with E-state index in [1.165, 1.54) is 5.56 Å². The van der Waals surface area contributed by atoms with Crippen LogP contribution in [0.1, 0.15) is 28.4 Å². The number of Topliss-reactive ketones (excluding diaryl/α,β-unsaturated/α-hetero) is 1. The summed E-state index contributed by atoms with van der Waals surface area (Å²) < 4.78 is 0. The van der Waals surface area contributed by atoms with E-state index in [9.17, 15) is 4.79 Å². The summed E-state index contributed by atoms with van der Waals surface area (Å²) in [5, 5.41) is 0.709. The van der Waals surface area contributed by atoms with E-state index in [2.05, 4.69) is 11.0 Å². The minimum absolute atomic E-state index is 0.212. The zero-order valence-corrected chi connectivity index (χ0v) is 12.2. The number of nitrogens with zero attached hydrogens (tertiary/aromatic N) is 1. The number of anilines is 2. The fourth-order valence-electron chi connectivity index (χ4n) is 3.50. The molecule has 4 rings (SSSR count). The van der Waals surface area contributed by atoms with Crippen LogP contribution in [0.25, 0.3) is 0 Å². The minimum Gasteiger partial charge on any atom is -0.327 e. The van der Waals surface area contributed by atoms with Gasteiger partial charge in [0, 0.05) is 22.7 Å². The highest BCUT2D eigenvalue weighted by atomic mass is 35.5. The Morgan fingerprint density at radius 3 is 2.75 bits per heavy atom. The van der Waals surface area contributed by atoms with Crippen LogP contribution < -0.4 is 4.90 Å². The third-order valence-electron chi connectivity index (χ3n) is 4.44. The predicted octanol–water partition coefficient (Wildman–Crippen LogP) is 4.30. The van der Waals surface area contributed by atoms with Crippen molar-refractivity contribution in [2.24, 2.45) is 0 Å². The standard InChI is InChI=1S/C17H14ClNO/c1-10-3-6-14-13(7-10)16(20)17(2)9-11-4-5-12(18)8-15(11)19(14)17/h3-8H,9H2,1-2H3. The summed E-state index contributed by atoms with van der Waals surface area (Å²) in [4.78, 5) is 15.0. The van der Waals surface area contributed by atoms with Crippen LogP contribution in [0.15, 0.2) is 36.4 Å². The van der Waals surface area contributed by atoms with Gasteiger partial charge >= 0.3 is 0 Å². The normalized spacial score (nSPS) is 22.8. The first kappa shape index (κ1) is 12.0. The fourth-order valence-corrected chi connectivity index (χ4v) is 3.67. The van der Waals surface area contributed by atoms with E-state index in [0.717, 1.165) is 28.9 Å². The van der Waals surface area contributed by atoms with E-state index in [1.54, 1.807) is 0 Å². The quantitative estimate of drug-likeness (QED) is 0.718. The molecule has 2 aromatic carbocycles. The van der Waals surface area contributed by atoms with E-state index in [1.807, 2.05) is 44.2 Å². The molecule has 2 nitrogen and oxygen atoms in total. The third kappa shape index (κ3) is 1.32. The van der Waals surface area contributed by atoms with Crippen LogP contribution in [0.3, 0.4) is 0 Å². The Hall–Kier alpha value is -1.80. The number of ketones is 1. The maximum atomic E-state index is 12.8. The van der Waals surface area contributed by atoms with Crippen LogP contribution in [0.4, 0.5) is 11.4 Å². The summed E-state index contributed by atoms with van der Waals surface area (Å²) in [5.74, 6) is 0.212. The molecule has 0 N–H and O–H groups in total. The molecule has 0 saturated carbocycles. The number of carbonyl (C=O) groups excluding carboxylic acids is 1. The van der Waals surface area contributed by atoms with Gasteiger partial charge in [-0.1, -0.05) is 29.3 Å². The van der Waals surface area contributed by atoms with E-state index < -0.39 is 5.54 Å². The Bertz CT molecular complexity index is 768. The van der Waals surface area contributed by atoms with Crippen LogP contribution in [-0.4, -0.2) is 11.3 Å². The summed E-state index contributed by atoms with van der Waals surface area (Å²) in [5.41, 5.74) is 4.71. The molecule has 100 valence electrons. The van der Waals surface area contributed by atoms with Crippen molar-refractivity contribution in [1.82, 2.24) is 0 Å². The molecule has 0 aliphatic carbocycles. The largest absolute Gasteiger partial charge is 0.327 e. The van der Waals surface area contributed by atoms with Gasteiger partial charge in [0.15, 0.2) is 5.78 Å². The smallest absolute Gasteiger partial charge is 0.190 e. The average molecular weight is 284 g/mol. The van der Waals surface area contributed by atoms with Crippen molar-refractivity contribution in [2.75, 3.05) is 4.90 Å². The number of hydrogen-bond donors (Lipinski definition) is 0. The molecule has 0 radical (unpaired) electrons. The Kier molecular flexibility index (Phi) is 2.18. The number of benzene rings is 2. The molecule has 2 aliphatic rings. The van der Waals surface area contributed by atoms with Crippen molar-refractivity contribution >= 4 is 28.8 Å². The van der Waals surface area contributed by atoms with Crippen molar-refractivity contribution in [3.8, 4) is 0 Å². The summed E-state index contributed by atoms with van der Waals surface area (Å²) in [6.45, 7) is 4.04. The second kappa shape index (κ2) is 3.64. The highest BCUT2D eigenvalue weighted by Crippen LogP contribution is 2.52. The second-order valence-electron chi connectivity index (χ2n) is 5.91. The van der Waals surface area contributed by atoms with Gasteiger partial charge in [0.05, 0.1) is 5.69 Å². The van der Waals surface area contributed by atoms with Crippen molar-refractivity contribution in [3.05, 3.63) is 58.1 Å². The number of rotatable bonds is 0. The van der Waals surface area contributed by atoms with Gasteiger partial charge in [-0.2, -0.15) is 0 Å². The van der Waals surface area contributed by atoms with E-state index in [4.69, 9.17) is 11.6 Å². The fraction of sp³-hybridized carbons (Fsp3) is 0.235. The molecule has 0 saturated heterocycles. The first-order chi connectivity index (χ1) is 9.50. The van der Waals surface area contributed by atoms with Crippen LogP contribution in [0.5, 0.6) is 0 Å². The molecule has 2 aromatic rings. The van der Waals surface area contributed by atoms with Crippen LogP contribution in [0.2, 0.25) is 5.02 Å². The predicted molar refractivity (Wildman–Crippen MR) is 81.2 cm³/mol. The molecule has 2 aliphatic heterocycles. The lowest BCUT2D eigenvalue weighted by Crippen LogP contribution is -2.42. The average Bonchev–Trinajstić information content (AvgIpc) is 2.81. The van der Waals surface area contributed by atoms with E-state index in [0.29, 0.717) is 5.02 Å². The Morgan fingerprint density at radius 2 is 1.95 bits per heavy atom. The van der Waals surface area contributed by atoms with Crippen LogP contribution >= 0.6 is 11.6 Å². The van der Waals surface area contributed by atoms with E-state index >= 15 is 0 Å². The second-order valence-corrected chi connectivity index (χ2v) is 6.35. The number of hydrogen-bond acceptors (Lipinski definition) is 2. The van der Waals surface area contributed by atoms with Gasteiger partial charge in [0.25, 0.3) is 0 Å². The summed E-state index contributed by atoms with van der Waals surface area (Å²) in [6, 6.07) is 12.0. The Labute approximate surface area is 123 Å². The molecule has 0 amide bonds. The molecule has 0 aromatic heterocycles. The zero-order valence-electron chi connectivity index (χ0n) is 11.4. The van der Waals surface area contributed by atoms with Gasteiger partial charge in [-0.15, -0.1) is 0 Å². The van der Waals surface area contributed by atoms with Gasteiger partial charge < -0.3 is 4.90 Å². The Balaban J connectivity index is 2.01. The van der Waals surface area contributed by atoms with E-state index in [-0.39, 0.29) is 5.78 Å². The zero-order chi connectivity index (χ0) is 14.1. The molecule has 2 heterocycles. The highest BCUT2D eigenvalue weighted by molar-refractivity contribution is 6.31. The van der Waals surface area contributed by atoms with Crippen molar-refractivity contribution in [3.63, 3.8) is 0 Å². The number of carbonyl (C=O) groups is 1. The van der Waals surface area contributed by atoms with Crippen molar-refractivity contribution in [1.29, 1.82) is 0 Å². The lowest BCUT2D eigenvalue weighted by atomic mass is 9.91. The highest BCUT2D eigenvalue weighted by Gasteiger charge is 2.52. The minimum atomic E-state index is -0.497. The van der Waals surface area contributed by atoms with Gasteiger partial charge in [-0.05, 0) is 43.7 Å². The molecule has 1 atom stereocenters. The molecule has 1 unspecified atom stereocenters. The van der Waals surface area contributed by atoms with Crippen LogP contribution in [-0.2, 0) is 6.42 Å². The molecule has 3 heteroatoms. The van der Waals surface area contributed by atoms with Crippen molar-refractivity contribution in [2.45, 2.75) is 25.8 Å². The first-order valence-electron chi connectivity index (χ1n) is 6.75. The number of fused-ring (bicyclic) bond motifs is 5. The van der Waals surface area contributed by atoms with Gasteiger partial charge in [-0.3, -0.25) is 4.79 Å². The van der Waals surface area contributed by atoms with Crippen molar-refractivity contribution < 1.29 is 4.79 Å².